The molecule has 1 heterocycles. The minimum Gasteiger partial charge on any atom is -0.381 e. The van der Waals surface area contributed by atoms with Crippen molar-refractivity contribution in [2.75, 3.05) is 5.32 Å². The first-order chi connectivity index (χ1) is 11.7. The quantitative estimate of drug-likeness (QED) is 0.845. The van der Waals surface area contributed by atoms with Gasteiger partial charge in [-0.25, -0.2) is 4.98 Å². The largest absolute Gasteiger partial charge is 0.381 e. The van der Waals surface area contributed by atoms with E-state index >= 15 is 0 Å². The van der Waals surface area contributed by atoms with Crippen molar-refractivity contribution >= 4 is 23.2 Å². The predicted octanol–water partition coefficient (Wildman–Crippen LogP) is 4.41. The highest BCUT2D eigenvalue weighted by atomic mass is 35.5. The molecule has 0 bridgehead atoms. The maximum atomic E-state index is 12.2. The molecule has 1 aliphatic carbocycles. The first-order valence-electron chi connectivity index (χ1n) is 8.46. The van der Waals surface area contributed by atoms with Crippen LogP contribution in [0.1, 0.15) is 48.2 Å². The maximum Gasteiger partial charge on any atom is 0.270 e. The van der Waals surface area contributed by atoms with Gasteiger partial charge in [-0.3, -0.25) is 4.79 Å². The van der Waals surface area contributed by atoms with E-state index < -0.39 is 0 Å². The Labute approximate surface area is 147 Å². The number of aromatic nitrogens is 1. The Morgan fingerprint density at radius 1 is 1.12 bits per heavy atom. The summed E-state index contributed by atoms with van der Waals surface area (Å²) in [7, 11) is 0. The number of carbonyl (C=O) groups excluding carboxylic acids is 1. The summed E-state index contributed by atoms with van der Waals surface area (Å²) >= 11 is 6.09. The van der Waals surface area contributed by atoms with E-state index in [0.717, 1.165) is 11.3 Å². The van der Waals surface area contributed by atoms with E-state index in [1.807, 2.05) is 30.3 Å². The number of anilines is 1. The highest BCUT2D eigenvalue weighted by Gasteiger charge is 2.13. The molecule has 1 amide bonds. The molecule has 1 fully saturated rings. The van der Waals surface area contributed by atoms with Gasteiger partial charge >= 0.3 is 0 Å². The molecule has 0 atom stereocenters. The summed E-state index contributed by atoms with van der Waals surface area (Å²) in [6.07, 6.45) is 8.06. The average Bonchev–Trinajstić information content (AvgIpc) is 2.62. The van der Waals surface area contributed by atoms with E-state index in [2.05, 4.69) is 15.6 Å². The van der Waals surface area contributed by atoms with Crippen LogP contribution in [-0.2, 0) is 6.54 Å². The molecule has 0 spiro atoms. The Kier molecular flexibility index (Phi) is 5.70. The molecule has 5 heteroatoms. The molecule has 0 unspecified atom stereocenters. The summed E-state index contributed by atoms with van der Waals surface area (Å²) in [5, 5.41) is 7.00. The molecule has 24 heavy (non-hydrogen) atoms. The molecular weight excluding hydrogens is 322 g/mol. The second-order valence-electron chi connectivity index (χ2n) is 6.19. The van der Waals surface area contributed by atoms with Gasteiger partial charge in [0, 0.05) is 17.6 Å². The fourth-order valence-corrected chi connectivity index (χ4v) is 3.21. The minimum atomic E-state index is -0.195. The summed E-state index contributed by atoms with van der Waals surface area (Å²) in [6.45, 7) is 0.391. The first kappa shape index (κ1) is 16.8. The minimum absolute atomic E-state index is 0.195. The summed E-state index contributed by atoms with van der Waals surface area (Å²) in [6, 6.07) is 11.7. The van der Waals surface area contributed by atoms with Crippen LogP contribution >= 0.6 is 11.6 Å². The van der Waals surface area contributed by atoms with Crippen molar-refractivity contribution in [2.45, 2.75) is 44.7 Å². The molecule has 0 radical (unpaired) electrons. The van der Waals surface area contributed by atoms with Crippen molar-refractivity contribution in [3.8, 4) is 0 Å². The van der Waals surface area contributed by atoms with Crippen LogP contribution in [0.3, 0.4) is 0 Å². The van der Waals surface area contributed by atoms with E-state index in [0.29, 0.717) is 23.3 Å². The first-order valence-corrected chi connectivity index (χ1v) is 8.84. The second-order valence-corrected chi connectivity index (χ2v) is 6.59. The number of nitrogens with zero attached hydrogens (tertiary/aromatic N) is 1. The molecule has 126 valence electrons. The zero-order valence-electron chi connectivity index (χ0n) is 13.6. The number of benzene rings is 1. The summed E-state index contributed by atoms with van der Waals surface area (Å²) in [5.74, 6) is -0.195. The van der Waals surface area contributed by atoms with Crippen molar-refractivity contribution in [1.29, 1.82) is 0 Å². The van der Waals surface area contributed by atoms with Gasteiger partial charge in [-0.15, -0.1) is 0 Å². The van der Waals surface area contributed by atoms with Crippen molar-refractivity contribution in [3.05, 3.63) is 58.9 Å². The lowest BCUT2D eigenvalue weighted by Crippen LogP contribution is -2.24. The Balaban J connectivity index is 1.54. The predicted molar refractivity (Wildman–Crippen MR) is 97.4 cm³/mol. The fourth-order valence-electron chi connectivity index (χ4n) is 3.00. The molecule has 0 saturated heterocycles. The Hall–Kier alpha value is -2.07. The lowest BCUT2D eigenvalue weighted by atomic mass is 9.95. The van der Waals surface area contributed by atoms with Gasteiger partial charge in [0.1, 0.15) is 5.69 Å². The number of nitrogens with one attached hydrogen (secondary N) is 2. The topological polar surface area (TPSA) is 54.0 Å². The molecular formula is C19H22ClN3O. The number of carbonyl (C=O) groups is 1. The fraction of sp³-hybridized carbons (Fsp3) is 0.368. The highest BCUT2D eigenvalue weighted by Crippen LogP contribution is 2.21. The number of hydrogen-bond acceptors (Lipinski definition) is 3. The van der Waals surface area contributed by atoms with Gasteiger partial charge in [0.05, 0.1) is 11.9 Å². The zero-order chi connectivity index (χ0) is 16.8. The van der Waals surface area contributed by atoms with Crippen LogP contribution in [0.25, 0.3) is 0 Å². The third-order valence-corrected chi connectivity index (χ3v) is 4.74. The standard InChI is InChI=1S/C19H22ClN3O/c20-17-9-5-4-6-14(17)12-22-19(24)18-11-10-16(13-21-18)23-15-7-2-1-3-8-15/h4-6,9-11,13,15,23H,1-3,7-8,12H2,(H,22,24). The third kappa shape index (κ3) is 4.48. The van der Waals surface area contributed by atoms with Crippen molar-refractivity contribution in [3.63, 3.8) is 0 Å². The van der Waals surface area contributed by atoms with Crippen LogP contribution in [0.4, 0.5) is 5.69 Å². The van der Waals surface area contributed by atoms with Crippen LogP contribution in [0, 0.1) is 0 Å². The highest BCUT2D eigenvalue weighted by molar-refractivity contribution is 6.31. The maximum absolute atomic E-state index is 12.2. The summed E-state index contributed by atoms with van der Waals surface area (Å²) < 4.78 is 0. The van der Waals surface area contributed by atoms with Crippen molar-refractivity contribution in [1.82, 2.24) is 10.3 Å². The van der Waals surface area contributed by atoms with Crippen molar-refractivity contribution < 1.29 is 4.79 Å². The van der Waals surface area contributed by atoms with Gasteiger partial charge in [0.25, 0.3) is 5.91 Å². The van der Waals surface area contributed by atoms with Crippen LogP contribution in [0.5, 0.6) is 0 Å². The van der Waals surface area contributed by atoms with Crippen molar-refractivity contribution in [2.24, 2.45) is 0 Å². The number of halogens is 1. The SMILES string of the molecule is O=C(NCc1ccccc1Cl)c1ccc(NC2CCCCC2)cn1. The monoisotopic (exact) mass is 343 g/mol. The Bertz CT molecular complexity index is 681. The number of amides is 1. The average molecular weight is 344 g/mol. The van der Waals surface area contributed by atoms with E-state index in [9.17, 15) is 4.79 Å². The molecule has 0 aliphatic heterocycles. The van der Waals surface area contributed by atoms with E-state index in [1.54, 1.807) is 12.3 Å². The van der Waals surface area contributed by atoms with Gasteiger partial charge in [-0.05, 0) is 36.6 Å². The van der Waals surface area contributed by atoms with Crippen LogP contribution < -0.4 is 10.6 Å². The molecule has 1 saturated carbocycles. The molecule has 1 aromatic carbocycles. The van der Waals surface area contributed by atoms with E-state index in [-0.39, 0.29) is 5.91 Å². The molecule has 3 rings (SSSR count). The zero-order valence-corrected chi connectivity index (χ0v) is 14.4. The lowest BCUT2D eigenvalue weighted by Gasteiger charge is -2.23. The van der Waals surface area contributed by atoms with Crippen LogP contribution in [-0.4, -0.2) is 16.9 Å². The van der Waals surface area contributed by atoms with Gasteiger partial charge in [-0.1, -0.05) is 49.1 Å². The van der Waals surface area contributed by atoms with E-state index in [1.165, 1.54) is 32.1 Å². The van der Waals surface area contributed by atoms with Gasteiger partial charge < -0.3 is 10.6 Å². The molecule has 1 aliphatic rings. The van der Waals surface area contributed by atoms with E-state index in [4.69, 9.17) is 11.6 Å². The van der Waals surface area contributed by atoms with Gasteiger partial charge in [-0.2, -0.15) is 0 Å². The van der Waals surface area contributed by atoms with Crippen LogP contribution in [0.2, 0.25) is 5.02 Å². The lowest BCUT2D eigenvalue weighted by molar-refractivity contribution is 0.0946. The number of pyridine rings is 1. The molecule has 2 N–H and O–H groups in total. The summed E-state index contributed by atoms with van der Waals surface area (Å²) in [5.41, 5.74) is 2.28. The second kappa shape index (κ2) is 8.15. The van der Waals surface area contributed by atoms with Gasteiger partial charge in [0.2, 0.25) is 0 Å². The molecule has 2 aromatic rings. The van der Waals surface area contributed by atoms with Gasteiger partial charge in [0.15, 0.2) is 0 Å². The summed E-state index contributed by atoms with van der Waals surface area (Å²) in [4.78, 5) is 16.5. The Morgan fingerprint density at radius 2 is 1.92 bits per heavy atom. The smallest absolute Gasteiger partial charge is 0.270 e. The Morgan fingerprint density at radius 3 is 2.62 bits per heavy atom. The normalized spacial score (nSPS) is 15.0. The third-order valence-electron chi connectivity index (χ3n) is 4.37. The molecule has 4 nitrogen and oxygen atoms in total. The molecule has 1 aromatic heterocycles. The number of rotatable bonds is 5. The van der Waals surface area contributed by atoms with Crippen LogP contribution in [0.15, 0.2) is 42.6 Å². The number of hydrogen-bond donors (Lipinski definition) is 2.